The molecular formula is C6H9NO2S. The Morgan fingerprint density at radius 3 is 2.50 bits per heavy atom. The summed E-state index contributed by atoms with van der Waals surface area (Å²) in [5.74, 6) is 0. The van der Waals surface area contributed by atoms with Gasteiger partial charge in [-0.1, -0.05) is 0 Å². The van der Waals surface area contributed by atoms with Gasteiger partial charge in [-0.25, -0.2) is 8.42 Å². The smallest absolute Gasteiger partial charge is 0.256 e. The molecule has 0 saturated carbocycles. The lowest BCUT2D eigenvalue weighted by atomic mass is 10.3. The lowest BCUT2D eigenvalue weighted by molar-refractivity contribution is 0.547. The third-order valence-electron chi connectivity index (χ3n) is 1.28. The van der Waals surface area contributed by atoms with Crippen molar-refractivity contribution in [2.45, 2.75) is 6.92 Å². The second kappa shape index (κ2) is 2.12. The van der Waals surface area contributed by atoms with Gasteiger partial charge in [-0.2, -0.15) is 0 Å². The van der Waals surface area contributed by atoms with Crippen molar-refractivity contribution in [1.82, 2.24) is 4.31 Å². The number of rotatable bonds is 0. The number of hydrogen-bond donors (Lipinski definition) is 0. The maximum Gasteiger partial charge on any atom is 0.256 e. The van der Waals surface area contributed by atoms with Crippen LogP contribution in [0.15, 0.2) is 23.3 Å². The normalized spacial score (nSPS) is 22.6. The molecule has 0 fully saturated rings. The molecule has 0 bridgehead atoms. The average molecular weight is 159 g/mol. The lowest BCUT2D eigenvalue weighted by Crippen LogP contribution is -2.21. The Morgan fingerprint density at radius 1 is 1.50 bits per heavy atom. The highest BCUT2D eigenvalue weighted by Crippen LogP contribution is 2.11. The van der Waals surface area contributed by atoms with Crippen LogP contribution in [0.25, 0.3) is 0 Å². The van der Waals surface area contributed by atoms with Crippen LogP contribution in [0.1, 0.15) is 6.92 Å². The van der Waals surface area contributed by atoms with Crippen LogP contribution in [0, 0.1) is 0 Å². The molecule has 1 rings (SSSR count). The first-order valence-electron chi connectivity index (χ1n) is 2.87. The van der Waals surface area contributed by atoms with Crippen molar-refractivity contribution in [3.05, 3.63) is 23.3 Å². The molecule has 0 aromatic carbocycles. The maximum atomic E-state index is 11.0. The molecule has 1 aliphatic rings. The molecule has 1 aliphatic heterocycles. The summed E-state index contributed by atoms with van der Waals surface area (Å²) < 4.78 is 23.2. The van der Waals surface area contributed by atoms with Gasteiger partial charge in [0, 0.05) is 13.2 Å². The molecule has 10 heavy (non-hydrogen) atoms. The van der Waals surface area contributed by atoms with E-state index in [1.807, 2.05) is 0 Å². The molecule has 0 amide bonds. The Hall–Kier alpha value is -0.770. The number of hydrogen-bond acceptors (Lipinski definition) is 2. The highest BCUT2D eigenvalue weighted by molar-refractivity contribution is 7.92. The Balaban J connectivity index is 3.12. The van der Waals surface area contributed by atoms with Crippen LogP contribution in [0.3, 0.4) is 0 Å². The quantitative estimate of drug-likeness (QED) is 0.521. The van der Waals surface area contributed by atoms with Crippen LogP contribution in [0.4, 0.5) is 0 Å². The van der Waals surface area contributed by atoms with E-state index in [1.54, 1.807) is 13.0 Å². The summed E-state index contributed by atoms with van der Waals surface area (Å²) in [5.41, 5.74) is 0.762. The molecule has 0 unspecified atom stereocenters. The molecule has 0 N–H and O–H groups in total. The van der Waals surface area contributed by atoms with Crippen LogP contribution in [-0.2, 0) is 10.0 Å². The summed E-state index contributed by atoms with van der Waals surface area (Å²) >= 11 is 0. The molecule has 0 aromatic rings. The van der Waals surface area contributed by atoms with Gasteiger partial charge in [-0.15, -0.1) is 0 Å². The zero-order valence-corrected chi connectivity index (χ0v) is 6.72. The van der Waals surface area contributed by atoms with E-state index in [1.165, 1.54) is 23.0 Å². The molecule has 0 saturated heterocycles. The Labute approximate surface area is 60.7 Å². The van der Waals surface area contributed by atoms with E-state index >= 15 is 0 Å². The van der Waals surface area contributed by atoms with Gasteiger partial charge < -0.3 is 0 Å². The molecule has 4 heteroatoms. The van der Waals surface area contributed by atoms with Gasteiger partial charge in [0.1, 0.15) is 0 Å². The third-order valence-corrected chi connectivity index (χ3v) is 2.88. The largest absolute Gasteiger partial charge is 0.277 e. The first kappa shape index (κ1) is 7.34. The first-order chi connectivity index (χ1) is 4.52. The molecule has 1 heterocycles. The summed E-state index contributed by atoms with van der Waals surface area (Å²) in [6.07, 6.45) is 3.28. The molecule has 56 valence electrons. The van der Waals surface area contributed by atoms with Gasteiger partial charge in [0.05, 0.1) is 5.41 Å². The predicted octanol–water partition coefficient (Wildman–Crippen LogP) is 0.679. The fourth-order valence-electron chi connectivity index (χ4n) is 0.665. The zero-order valence-electron chi connectivity index (χ0n) is 5.90. The molecule has 3 nitrogen and oxygen atoms in total. The SMILES string of the molecule is CC1=CS(=O)(=O)N(C)C=C1. The maximum absolute atomic E-state index is 11.0. The van der Waals surface area contributed by atoms with Crippen LogP contribution in [0.5, 0.6) is 0 Å². The summed E-state index contributed by atoms with van der Waals surface area (Å²) in [7, 11) is -1.62. The Kier molecular flexibility index (Phi) is 1.56. The Bertz CT molecular complexity index is 287. The fraction of sp³-hybridized carbons (Fsp3) is 0.333. The Morgan fingerprint density at radius 2 is 2.10 bits per heavy atom. The summed E-state index contributed by atoms with van der Waals surface area (Å²) in [4.78, 5) is 0. The first-order valence-corrected chi connectivity index (χ1v) is 4.37. The second-order valence-electron chi connectivity index (χ2n) is 2.24. The minimum atomic E-state index is -3.13. The summed E-state index contributed by atoms with van der Waals surface area (Å²) in [5, 5.41) is 1.24. The predicted molar refractivity (Wildman–Crippen MR) is 39.6 cm³/mol. The fourth-order valence-corrected chi connectivity index (χ4v) is 1.61. The lowest BCUT2D eigenvalue weighted by Gasteiger charge is -2.15. The number of allylic oxidation sites excluding steroid dienone is 2. The van der Waals surface area contributed by atoms with E-state index in [-0.39, 0.29) is 0 Å². The van der Waals surface area contributed by atoms with Crippen molar-refractivity contribution < 1.29 is 8.42 Å². The van der Waals surface area contributed by atoms with E-state index < -0.39 is 10.0 Å². The minimum Gasteiger partial charge on any atom is -0.277 e. The van der Waals surface area contributed by atoms with Gasteiger partial charge in [0.2, 0.25) is 0 Å². The van der Waals surface area contributed by atoms with Gasteiger partial charge in [-0.05, 0) is 18.6 Å². The van der Waals surface area contributed by atoms with E-state index in [2.05, 4.69) is 0 Å². The molecule has 0 aromatic heterocycles. The van der Waals surface area contributed by atoms with Crippen molar-refractivity contribution >= 4 is 10.0 Å². The van der Waals surface area contributed by atoms with Gasteiger partial charge in [0.25, 0.3) is 10.0 Å². The number of sulfonamides is 1. The molecular weight excluding hydrogens is 150 g/mol. The van der Waals surface area contributed by atoms with Crippen LogP contribution in [0.2, 0.25) is 0 Å². The molecule has 0 atom stereocenters. The van der Waals surface area contributed by atoms with Crippen molar-refractivity contribution in [2.24, 2.45) is 0 Å². The zero-order chi connectivity index (χ0) is 7.78. The topological polar surface area (TPSA) is 37.4 Å². The third kappa shape index (κ3) is 1.21. The second-order valence-corrected chi connectivity index (χ2v) is 4.08. The standard InChI is InChI=1S/C6H9NO2S/c1-6-3-4-7(2)10(8,9)5-6/h3-5H,1-2H3. The van der Waals surface area contributed by atoms with Crippen LogP contribution >= 0.6 is 0 Å². The van der Waals surface area contributed by atoms with Crippen molar-refractivity contribution in [1.29, 1.82) is 0 Å². The molecule has 0 aliphatic carbocycles. The van der Waals surface area contributed by atoms with Gasteiger partial charge >= 0.3 is 0 Å². The van der Waals surface area contributed by atoms with Crippen molar-refractivity contribution in [3.63, 3.8) is 0 Å². The van der Waals surface area contributed by atoms with Gasteiger partial charge in [-0.3, -0.25) is 4.31 Å². The monoisotopic (exact) mass is 159 g/mol. The molecule has 0 spiro atoms. The van der Waals surface area contributed by atoms with E-state index in [0.29, 0.717) is 0 Å². The van der Waals surface area contributed by atoms with E-state index in [9.17, 15) is 8.42 Å². The van der Waals surface area contributed by atoms with Crippen molar-refractivity contribution in [3.8, 4) is 0 Å². The highest BCUT2D eigenvalue weighted by Gasteiger charge is 2.13. The van der Waals surface area contributed by atoms with Crippen LogP contribution in [-0.4, -0.2) is 19.8 Å². The van der Waals surface area contributed by atoms with Crippen molar-refractivity contribution in [2.75, 3.05) is 7.05 Å². The van der Waals surface area contributed by atoms with Gasteiger partial charge in [0.15, 0.2) is 0 Å². The minimum absolute atomic E-state index is 0.762. The summed E-state index contributed by atoms with van der Waals surface area (Å²) in [6, 6.07) is 0. The number of nitrogens with zero attached hydrogens (tertiary/aromatic N) is 1. The van der Waals surface area contributed by atoms with E-state index in [4.69, 9.17) is 0 Å². The highest BCUT2D eigenvalue weighted by atomic mass is 32.2. The summed E-state index contributed by atoms with van der Waals surface area (Å²) in [6.45, 7) is 1.75. The molecule has 0 radical (unpaired) electrons. The van der Waals surface area contributed by atoms with E-state index in [0.717, 1.165) is 5.57 Å². The van der Waals surface area contributed by atoms with Crippen LogP contribution < -0.4 is 0 Å². The average Bonchev–Trinajstić information content (AvgIpc) is 1.78.